The summed E-state index contributed by atoms with van der Waals surface area (Å²) in [6.45, 7) is 3.99. The van der Waals surface area contributed by atoms with Crippen molar-refractivity contribution in [1.82, 2.24) is 0 Å². The lowest BCUT2D eigenvalue weighted by atomic mass is 10.1. The maximum Gasteiger partial charge on any atom is 0.264 e. The molecular weight excluding hydrogens is 304 g/mol. The number of carbonyl (C=O) groups excluding carboxylic acids is 2. The third kappa shape index (κ3) is 3.11. The highest BCUT2D eigenvalue weighted by molar-refractivity contribution is 5.98. The zero-order chi connectivity index (χ0) is 17.3. The Morgan fingerprint density at radius 1 is 1.21 bits per heavy atom. The molecule has 0 radical (unpaired) electrons. The Labute approximate surface area is 141 Å². The quantitative estimate of drug-likeness (QED) is 0.944. The van der Waals surface area contributed by atoms with Crippen LogP contribution in [0.25, 0.3) is 0 Å². The largest absolute Gasteiger partial charge is 0.482 e. The molecule has 1 aliphatic heterocycles. The van der Waals surface area contributed by atoms with Gasteiger partial charge in [-0.1, -0.05) is 24.3 Å². The predicted octanol–water partition coefficient (Wildman–Crippen LogP) is 2.84. The van der Waals surface area contributed by atoms with Crippen LogP contribution in [0.4, 0.5) is 11.4 Å². The van der Waals surface area contributed by atoms with Crippen molar-refractivity contribution in [3.8, 4) is 5.75 Å². The summed E-state index contributed by atoms with van der Waals surface area (Å²) in [4.78, 5) is 25.7. The van der Waals surface area contributed by atoms with Gasteiger partial charge in [0, 0.05) is 12.7 Å². The molecule has 2 aromatic rings. The molecule has 2 amide bonds. The molecule has 1 N–H and O–H groups in total. The summed E-state index contributed by atoms with van der Waals surface area (Å²) in [7, 11) is 1.71. The second-order valence-corrected chi connectivity index (χ2v) is 6.04. The number of hydrogen-bond donors (Lipinski definition) is 1. The zero-order valence-electron chi connectivity index (χ0n) is 14.1. The number of hydrogen-bond acceptors (Lipinski definition) is 3. The van der Waals surface area contributed by atoms with Crippen LogP contribution in [-0.2, 0) is 16.0 Å². The molecule has 0 saturated heterocycles. The highest BCUT2D eigenvalue weighted by atomic mass is 16.5. The van der Waals surface area contributed by atoms with Gasteiger partial charge in [-0.05, 0) is 42.7 Å². The summed E-state index contributed by atoms with van der Waals surface area (Å²) in [5, 5.41) is 2.98. The molecule has 124 valence electrons. The van der Waals surface area contributed by atoms with Gasteiger partial charge in [0.15, 0.2) is 6.61 Å². The molecule has 0 fully saturated rings. The molecule has 0 saturated carbocycles. The van der Waals surface area contributed by atoms with Gasteiger partial charge < -0.3 is 15.0 Å². The number of ether oxygens (including phenoxy) is 1. The highest BCUT2D eigenvalue weighted by Gasteiger charge is 2.22. The molecule has 0 aliphatic carbocycles. The van der Waals surface area contributed by atoms with Crippen LogP contribution in [0.1, 0.15) is 16.7 Å². The van der Waals surface area contributed by atoms with Gasteiger partial charge in [-0.2, -0.15) is 0 Å². The average Bonchev–Trinajstić information content (AvgIpc) is 2.55. The van der Waals surface area contributed by atoms with Crippen LogP contribution >= 0.6 is 0 Å². The van der Waals surface area contributed by atoms with Gasteiger partial charge in [0.2, 0.25) is 5.91 Å². The number of amides is 2. The van der Waals surface area contributed by atoms with Gasteiger partial charge in [-0.25, -0.2) is 0 Å². The molecule has 0 unspecified atom stereocenters. The minimum atomic E-state index is -0.0976. The third-order valence-corrected chi connectivity index (χ3v) is 4.22. The maximum atomic E-state index is 12.4. The first-order valence-corrected chi connectivity index (χ1v) is 7.84. The van der Waals surface area contributed by atoms with E-state index in [0.717, 1.165) is 22.4 Å². The Kier molecular flexibility index (Phi) is 4.25. The fourth-order valence-electron chi connectivity index (χ4n) is 2.81. The molecule has 3 rings (SSSR count). The number of likely N-dealkylation sites (N-methyl/N-ethyl adjacent to an activating group) is 1. The molecule has 5 nitrogen and oxygen atoms in total. The summed E-state index contributed by atoms with van der Waals surface area (Å²) >= 11 is 0. The lowest BCUT2D eigenvalue weighted by Crippen LogP contribution is -2.35. The summed E-state index contributed by atoms with van der Waals surface area (Å²) in [6.07, 6.45) is 0.239. The number of benzene rings is 2. The smallest absolute Gasteiger partial charge is 0.264 e. The van der Waals surface area contributed by atoms with E-state index in [-0.39, 0.29) is 24.8 Å². The Morgan fingerprint density at radius 3 is 2.62 bits per heavy atom. The van der Waals surface area contributed by atoms with Crippen molar-refractivity contribution in [2.24, 2.45) is 0 Å². The van der Waals surface area contributed by atoms with E-state index in [4.69, 9.17) is 4.74 Å². The normalized spacial score (nSPS) is 13.3. The van der Waals surface area contributed by atoms with Crippen molar-refractivity contribution in [2.75, 3.05) is 23.9 Å². The van der Waals surface area contributed by atoms with Crippen LogP contribution in [0.3, 0.4) is 0 Å². The molecular formula is C19H20N2O3. The fourth-order valence-corrected chi connectivity index (χ4v) is 2.81. The number of aryl methyl sites for hydroxylation is 2. The van der Waals surface area contributed by atoms with E-state index in [9.17, 15) is 9.59 Å². The fraction of sp³-hybridized carbons (Fsp3) is 0.263. The lowest BCUT2D eigenvalue weighted by molar-refractivity contribution is -0.121. The van der Waals surface area contributed by atoms with Gasteiger partial charge >= 0.3 is 0 Å². The van der Waals surface area contributed by atoms with Gasteiger partial charge in [0.1, 0.15) is 5.75 Å². The SMILES string of the molecule is Cc1cccc(C)c1NC(=O)Cc1ccc2c(c1)N(C)C(=O)CO2. The van der Waals surface area contributed by atoms with E-state index in [1.807, 2.05) is 44.2 Å². The third-order valence-electron chi connectivity index (χ3n) is 4.22. The first-order chi connectivity index (χ1) is 11.5. The molecule has 5 heteroatoms. The molecule has 1 heterocycles. The Balaban J connectivity index is 1.77. The molecule has 0 bridgehead atoms. The van der Waals surface area contributed by atoms with Gasteiger partial charge in [0.05, 0.1) is 12.1 Å². The van der Waals surface area contributed by atoms with E-state index < -0.39 is 0 Å². The van der Waals surface area contributed by atoms with E-state index in [1.54, 1.807) is 18.0 Å². The van der Waals surface area contributed by atoms with Crippen LogP contribution in [0, 0.1) is 13.8 Å². The zero-order valence-corrected chi connectivity index (χ0v) is 14.1. The molecule has 1 aliphatic rings. The van der Waals surface area contributed by atoms with Gasteiger partial charge in [0.25, 0.3) is 5.91 Å². The van der Waals surface area contributed by atoms with Crippen molar-refractivity contribution < 1.29 is 14.3 Å². The highest BCUT2D eigenvalue weighted by Crippen LogP contribution is 2.32. The maximum absolute atomic E-state index is 12.4. The monoisotopic (exact) mass is 324 g/mol. The Morgan fingerprint density at radius 2 is 1.92 bits per heavy atom. The number of nitrogens with one attached hydrogen (secondary N) is 1. The van der Waals surface area contributed by atoms with E-state index in [0.29, 0.717) is 11.4 Å². The first-order valence-electron chi connectivity index (χ1n) is 7.84. The molecule has 2 aromatic carbocycles. The van der Waals surface area contributed by atoms with Crippen LogP contribution in [0.5, 0.6) is 5.75 Å². The summed E-state index contributed by atoms with van der Waals surface area (Å²) in [6, 6.07) is 11.4. The number of nitrogens with zero attached hydrogens (tertiary/aromatic N) is 1. The first kappa shape index (κ1) is 16.1. The van der Waals surface area contributed by atoms with E-state index >= 15 is 0 Å². The number of fused-ring (bicyclic) bond motifs is 1. The van der Waals surface area contributed by atoms with Crippen LogP contribution in [0.2, 0.25) is 0 Å². The minimum absolute atomic E-state index is 0.0515. The Hall–Kier alpha value is -2.82. The topological polar surface area (TPSA) is 58.6 Å². The second-order valence-electron chi connectivity index (χ2n) is 6.04. The summed E-state index contributed by atoms with van der Waals surface area (Å²) in [5.74, 6) is 0.480. The molecule has 24 heavy (non-hydrogen) atoms. The number of para-hydroxylation sites is 1. The van der Waals surface area contributed by atoms with E-state index in [2.05, 4.69) is 5.32 Å². The minimum Gasteiger partial charge on any atom is -0.482 e. The second kappa shape index (κ2) is 6.35. The number of rotatable bonds is 3. The van der Waals surface area contributed by atoms with Crippen molar-refractivity contribution >= 4 is 23.2 Å². The standard InChI is InChI=1S/C19H20N2O3/c1-12-5-4-6-13(2)19(12)20-17(22)10-14-7-8-16-15(9-14)21(3)18(23)11-24-16/h4-9H,10-11H2,1-3H3,(H,20,22). The number of carbonyl (C=O) groups is 2. The van der Waals surface area contributed by atoms with Gasteiger partial charge in [-0.15, -0.1) is 0 Å². The summed E-state index contributed by atoms with van der Waals surface area (Å²) in [5.41, 5.74) is 4.46. The predicted molar refractivity (Wildman–Crippen MR) is 93.6 cm³/mol. The van der Waals surface area contributed by atoms with Crippen LogP contribution < -0.4 is 15.0 Å². The van der Waals surface area contributed by atoms with Crippen LogP contribution in [-0.4, -0.2) is 25.5 Å². The van der Waals surface area contributed by atoms with Crippen molar-refractivity contribution in [2.45, 2.75) is 20.3 Å². The van der Waals surface area contributed by atoms with Crippen LogP contribution in [0.15, 0.2) is 36.4 Å². The molecule has 0 atom stereocenters. The molecule has 0 spiro atoms. The van der Waals surface area contributed by atoms with E-state index in [1.165, 1.54) is 0 Å². The molecule has 0 aromatic heterocycles. The van der Waals surface area contributed by atoms with Gasteiger partial charge in [-0.3, -0.25) is 9.59 Å². The lowest BCUT2D eigenvalue weighted by Gasteiger charge is -2.26. The average molecular weight is 324 g/mol. The van der Waals surface area contributed by atoms with Crippen molar-refractivity contribution in [3.63, 3.8) is 0 Å². The van der Waals surface area contributed by atoms with Crippen molar-refractivity contribution in [1.29, 1.82) is 0 Å². The van der Waals surface area contributed by atoms with Crippen molar-refractivity contribution in [3.05, 3.63) is 53.1 Å². The number of anilines is 2. The Bertz CT molecular complexity index is 794. The summed E-state index contributed by atoms with van der Waals surface area (Å²) < 4.78 is 5.40.